The highest BCUT2D eigenvalue weighted by atomic mass is 127. The average molecular weight is 435 g/mol. The molecule has 0 amide bonds. The number of unbranched alkanes of at least 4 members (excludes halogenated alkanes) is 2. The predicted molar refractivity (Wildman–Crippen MR) is 109 cm³/mol. The molecule has 0 radical (unpaired) electrons. The second-order valence-corrected chi connectivity index (χ2v) is 6.69. The molecule has 1 aromatic heterocycles. The third-order valence-electron chi connectivity index (χ3n) is 3.71. The molecule has 1 aromatic rings. The minimum absolute atomic E-state index is 0. The molecule has 0 bridgehead atoms. The van der Waals surface area contributed by atoms with Crippen LogP contribution < -0.4 is 10.6 Å². The fourth-order valence-electron chi connectivity index (χ4n) is 2.33. The van der Waals surface area contributed by atoms with Crippen molar-refractivity contribution < 1.29 is 0 Å². The Morgan fingerprint density at radius 3 is 2.57 bits per heavy atom. The van der Waals surface area contributed by atoms with Gasteiger partial charge in [0.1, 0.15) is 0 Å². The van der Waals surface area contributed by atoms with Gasteiger partial charge in [-0.1, -0.05) is 40.0 Å². The van der Waals surface area contributed by atoms with E-state index in [0.717, 1.165) is 24.6 Å². The van der Waals surface area contributed by atoms with Crippen LogP contribution in [0.4, 0.5) is 0 Å². The lowest BCUT2D eigenvalue weighted by atomic mass is 9.87. The first kappa shape index (κ1) is 22.2. The number of nitrogens with one attached hydrogen (secondary N) is 2. The highest BCUT2D eigenvalue weighted by Gasteiger charge is 2.17. The van der Waals surface area contributed by atoms with E-state index in [9.17, 15) is 0 Å². The highest BCUT2D eigenvalue weighted by molar-refractivity contribution is 14.0. The first-order chi connectivity index (χ1) is 10.5. The van der Waals surface area contributed by atoms with Gasteiger partial charge in [-0.05, 0) is 18.8 Å². The fraction of sp³-hybridized carbons (Fsp3) is 0.765. The van der Waals surface area contributed by atoms with E-state index < -0.39 is 0 Å². The number of aliphatic imine (C=N–C) groups is 1. The maximum Gasteiger partial charge on any atom is 0.191 e. The average Bonchev–Trinajstić information content (AvgIpc) is 2.88. The molecule has 134 valence electrons. The topological polar surface area (TPSA) is 54.2 Å². The summed E-state index contributed by atoms with van der Waals surface area (Å²) < 4.78 is 1.81. The van der Waals surface area contributed by atoms with Crippen molar-refractivity contribution in [1.82, 2.24) is 20.4 Å². The van der Waals surface area contributed by atoms with Crippen molar-refractivity contribution in [1.29, 1.82) is 0 Å². The first-order valence-corrected chi connectivity index (χ1v) is 8.46. The van der Waals surface area contributed by atoms with Crippen LogP contribution in [-0.2, 0) is 13.6 Å². The van der Waals surface area contributed by atoms with Gasteiger partial charge in [0, 0.05) is 31.9 Å². The molecule has 0 spiro atoms. The summed E-state index contributed by atoms with van der Waals surface area (Å²) in [6.45, 7) is 11.4. The molecule has 0 saturated carbocycles. The van der Waals surface area contributed by atoms with Crippen LogP contribution in [0.5, 0.6) is 0 Å². The number of halogens is 1. The summed E-state index contributed by atoms with van der Waals surface area (Å²) in [4.78, 5) is 4.64. The van der Waals surface area contributed by atoms with E-state index >= 15 is 0 Å². The van der Waals surface area contributed by atoms with Gasteiger partial charge in [0.05, 0.1) is 12.7 Å². The SMILES string of the molecule is CCCCCC(C)(C)CNC(=NCc1cnn(C)c1)NCC.I. The van der Waals surface area contributed by atoms with E-state index in [4.69, 9.17) is 0 Å². The van der Waals surface area contributed by atoms with Crippen molar-refractivity contribution in [2.45, 2.75) is 59.9 Å². The van der Waals surface area contributed by atoms with E-state index in [1.807, 2.05) is 24.1 Å². The van der Waals surface area contributed by atoms with Crippen LogP contribution in [0.2, 0.25) is 0 Å². The number of aryl methyl sites for hydroxylation is 1. The quantitative estimate of drug-likeness (QED) is 0.269. The van der Waals surface area contributed by atoms with Crippen molar-refractivity contribution in [3.8, 4) is 0 Å². The highest BCUT2D eigenvalue weighted by Crippen LogP contribution is 2.22. The Morgan fingerprint density at radius 1 is 1.26 bits per heavy atom. The number of hydrogen-bond acceptors (Lipinski definition) is 2. The molecule has 5 nitrogen and oxygen atoms in total. The molecule has 2 N–H and O–H groups in total. The van der Waals surface area contributed by atoms with Gasteiger partial charge in [-0.15, -0.1) is 24.0 Å². The monoisotopic (exact) mass is 435 g/mol. The van der Waals surface area contributed by atoms with Gasteiger partial charge >= 0.3 is 0 Å². The maximum atomic E-state index is 4.64. The van der Waals surface area contributed by atoms with E-state index in [1.165, 1.54) is 25.7 Å². The molecule has 0 aliphatic carbocycles. The molecule has 23 heavy (non-hydrogen) atoms. The number of guanidine groups is 1. The summed E-state index contributed by atoms with van der Waals surface area (Å²) in [7, 11) is 1.93. The summed E-state index contributed by atoms with van der Waals surface area (Å²) in [5.41, 5.74) is 1.42. The molecule has 0 atom stereocenters. The molecular formula is C17H34IN5. The predicted octanol–water partition coefficient (Wildman–Crippen LogP) is 3.70. The lowest BCUT2D eigenvalue weighted by Gasteiger charge is -2.26. The molecule has 0 aromatic carbocycles. The van der Waals surface area contributed by atoms with Crippen molar-refractivity contribution in [2.24, 2.45) is 17.5 Å². The Labute approximate surface area is 158 Å². The van der Waals surface area contributed by atoms with Gasteiger partial charge in [-0.3, -0.25) is 4.68 Å². The number of rotatable bonds is 9. The lowest BCUT2D eigenvalue weighted by molar-refractivity contribution is 0.318. The Balaban J connectivity index is 0.00000484. The molecule has 0 fully saturated rings. The van der Waals surface area contributed by atoms with Crippen LogP contribution in [0.15, 0.2) is 17.4 Å². The van der Waals surface area contributed by atoms with Crippen LogP contribution in [0.3, 0.4) is 0 Å². The second kappa shape index (κ2) is 11.7. The first-order valence-electron chi connectivity index (χ1n) is 8.46. The molecular weight excluding hydrogens is 401 g/mol. The van der Waals surface area contributed by atoms with Crippen LogP contribution >= 0.6 is 24.0 Å². The van der Waals surface area contributed by atoms with Gasteiger partial charge in [-0.2, -0.15) is 5.10 Å². The van der Waals surface area contributed by atoms with E-state index in [-0.39, 0.29) is 24.0 Å². The third kappa shape index (κ3) is 9.84. The standard InChI is InChI=1S/C17H33N5.HI/c1-6-8-9-10-17(3,4)14-20-16(18-7-2)19-11-15-12-21-22(5)13-15;/h12-13H,6-11,14H2,1-5H3,(H2,18,19,20);1H. The molecule has 1 rings (SSSR count). The second-order valence-electron chi connectivity index (χ2n) is 6.69. The van der Waals surface area contributed by atoms with Gasteiger partial charge in [0.25, 0.3) is 0 Å². The zero-order valence-electron chi connectivity index (χ0n) is 15.4. The Kier molecular flexibility index (Phi) is 11.3. The number of hydrogen-bond donors (Lipinski definition) is 2. The van der Waals surface area contributed by atoms with Gasteiger partial charge in [0.15, 0.2) is 5.96 Å². The largest absolute Gasteiger partial charge is 0.357 e. The summed E-state index contributed by atoms with van der Waals surface area (Å²) in [6, 6.07) is 0. The van der Waals surface area contributed by atoms with E-state index in [1.54, 1.807) is 0 Å². The summed E-state index contributed by atoms with van der Waals surface area (Å²) in [5, 5.41) is 11.0. The minimum atomic E-state index is 0. The Bertz CT molecular complexity index is 454. The molecule has 1 heterocycles. The molecule has 0 saturated heterocycles. The summed E-state index contributed by atoms with van der Waals surface area (Å²) >= 11 is 0. The minimum Gasteiger partial charge on any atom is -0.357 e. The Hall–Kier alpha value is -0.790. The van der Waals surface area contributed by atoms with Gasteiger partial charge in [-0.25, -0.2) is 4.99 Å². The molecule has 0 aliphatic rings. The zero-order chi connectivity index (χ0) is 16.4. The molecule has 6 heteroatoms. The van der Waals surface area contributed by atoms with Gasteiger partial charge in [0.2, 0.25) is 0 Å². The summed E-state index contributed by atoms with van der Waals surface area (Å²) in [6.07, 6.45) is 9.01. The van der Waals surface area contributed by atoms with Crippen molar-refractivity contribution in [3.05, 3.63) is 18.0 Å². The third-order valence-corrected chi connectivity index (χ3v) is 3.71. The van der Waals surface area contributed by atoms with E-state index in [0.29, 0.717) is 12.0 Å². The van der Waals surface area contributed by atoms with Crippen LogP contribution in [0.25, 0.3) is 0 Å². The van der Waals surface area contributed by atoms with Crippen molar-refractivity contribution >= 4 is 29.9 Å². The zero-order valence-corrected chi connectivity index (χ0v) is 17.7. The van der Waals surface area contributed by atoms with Crippen molar-refractivity contribution in [2.75, 3.05) is 13.1 Å². The van der Waals surface area contributed by atoms with Gasteiger partial charge < -0.3 is 10.6 Å². The fourth-order valence-corrected chi connectivity index (χ4v) is 2.33. The lowest BCUT2D eigenvalue weighted by Crippen LogP contribution is -2.42. The van der Waals surface area contributed by atoms with Crippen LogP contribution in [-0.4, -0.2) is 28.8 Å². The van der Waals surface area contributed by atoms with Crippen LogP contribution in [0.1, 0.15) is 58.9 Å². The van der Waals surface area contributed by atoms with E-state index in [2.05, 4.69) is 48.4 Å². The summed E-state index contributed by atoms with van der Waals surface area (Å²) in [5.74, 6) is 0.884. The Morgan fingerprint density at radius 2 is 2.00 bits per heavy atom. The smallest absolute Gasteiger partial charge is 0.191 e. The number of aromatic nitrogens is 2. The van der Waals surface area contributed by atoms with Crippen LogP contribution in [0, 0.1) is 5.41 Å². The molecule has 0 aliphatic heterocycles. The normalized spacial score (nSPS) is 12.0. The maximum absolute atomic E-state index is 4.64. The van der Waals surface area contributed by atoms with Crippen molar-refractivity contribution in [3.63, 3.8) is 0 Å². The number of nitrogens with zero attached hydrogens (tertiary/aromatic N) is 3. The molecule has 0 unspecified atom stereocenters.